The SMILES string of the molecule is [2H]C([2H])(OP1(=O)OCc2cc(F)ccc2O1)[C@@]1(F)O[C@@]([2H])(n2cc(C)c(=O)[nH]c2=S)[C@H](O)[C@@H]1O. The summed E-state index contributed by atoms with van der Waals surface area (Å²) < 4.78 is 85.9. The smallest absolute Gasteiger partial charge is 0.404 e. The highest BCUT2D eigenvalue weighted by molar-refractivity contribution is 7.71. The molecule has 3 N–H and O–H groups in total. The Morgan fingerprint density at radius 1 is 1.55 bits per heavy atom. The summed E-state index contributed by atoms with van der Waals surface area (Å²) in [4.78, 5) is 13.9. The minimum absolute atomic E-state index is 0.0234. The molecule has 0 saturated carbocycles. The number of nitrogens with zero attached hydrogens (tertiary/aromatic N) is 1. The van der Waals surface area contributed by atoms with E-state index in [0.717, 1.165) is 24.4 Å². The summed E-state index contributed by atoms with van der Waals surface area (Å²) in [6, 6.07) is 3.04. The monoisotopic (exact) mass is 481 g/mol. The Bertz CT molecular complexity index is 1330. The van der Waals surface area contributed by atoms with Crippen molar-refractivity contribution >= 4 is 20.0 Å². The van der Waals surface area contributed by atoms with Crippen molar-refractivity contribution in [1.29, 1.82) is 0 Å². The number of nitrogens with one attached hydrogen (secondary N) is 1. The second-order valence-corrected chi connectivity index (χ2v) is 8.58. The van der Waals surface area contributed by atoms with Crippen LogP contribution in [0.3, 0.4) is 0 Å². The lowest BCUT2D eigenvalue weighted by Crippen LogP contribution is -2.43. The number of aliphatic hydroxyl groups excluding tert-OH is 2. The summed E-state index contributed by atoms with van der Waals surface area (Å²) in [6.45, 7) is -3.08. The molecule has 0 bridgehead atoms. The van der Waals surface area contributed by atoms with Crippen LogP contribution in [0, 0.1) is 17.5 Å². The molecule has 2 aliphatic rings. The van der Waals surface area contributed by atoms with E-state index in [1.807, 2.05) is 0 Å². The van der Waals surface area contributed by atoms with Crippen LogP contribution < -0.4 is 10.1 Å². The predicted octanol–water partition coefficient (Wildman–Crippen LogP) is 2.00. The molecule has 1 saturated heterocycles. The maximum absolute atomic E-state index is 15.8. The summed E-state index contributed by atoms with van der Waals surface area (Å²) in [5.74, 6) is -4.85. The van der Waals surface area contributed by atoms with Crippen molar-refractivity contribution in [1.82, 2.24) is 9.55 Å². The topological polar surface area (TPSA) is 132 Å². The molecule has 1 unspecified atom stereocenters. The molecule has 1 fully saturated rings. The fraction of sp³-hybridized carbons (Fsp3) is 0.412. The van der Waals surface area contributed by atoms with Crippen molar-refractivity contribution in [2.45, 2.75) is 37.8 Å². The van der Waals surface area contributed by atoms with Crippen LogP contribution in [0.15, 0.2) is 29.2 Å². The van der Waals surface area contributed by atoms with Gasteiger partial charge < -0.3 is 19.5 Å². The second kappa shape index (κ2) is 7.85. The van der Waals surface area contributed by atoms with Gasteiger partial charge in [-0.15, -0.1) is 0 Å². The molecule has 1 aromatic carbocycles. The second-order valence-electron chi connectivity index (χ2n) is 6.67. The first-order valence-corrected chi connectivity index (χ1v) is 10.5. The Morgan fingerprint density at radius 2 is 2.29 bits per heavy atom. The Kier molecular flexibility index (Phi) is 4.70. The molecule has 0 radical (unpaired) electrons. The van der Waals surface area contributed by atoms with Crippen LogP contribution in [0.2, 0.25) is 0 Å². The number of ether oxygens (including phenoxy) is 1. The highest BCUT2D eigenvalue weighted by Gasteiger charge is 2.57. The molecule has 4 rings (SSSR count). The lowest BCUT2D eigenvalue weighted by Gasteiger charge is -2.28. The van der Waals surface area contributed by atoms with Crippen molar-refractivity contribution in [2.24, 2.45) is 0 Å². The molecule has 10 nitrogen and oxygen atoms in total. The molecule has 0 aliphatic carbocycles. The van der Waals surface area contributed by atoms with Gasteiger partial charge in [0.15, 0.2) is 11.0 Å². The number of phosphoric acid groups is 1. The van der Waals surface area contributed by atoms with Gasteiger partial charge in [-0.05, 0) is 37.3 Å². The number of aliphatic hydroxyl groups is 2. The standard InChI is InChI=1S/C17H17F2N2O8PS/c1-8-5-21(16(31)20-14(8)24)15-12(22)13(23)17(19,28-15)7-27-30(25)26-6-9-4-10(18)2-3-11(9)29-30/h2-5,12-13,15,22-23H,6-7H2,1H3,(H,20,24,31)/t12-,13+,15-,17-,30?/m1/s1/i7D2,15D. The van der Waals surface area contributed by atoms with Crippen molar-refractivity contribution in [3.63, 3.8) is 0 Å². The van der Waals surface area contributed by atoms with Crippen LogP contribution in [0.25, 0.3) is 0 Å². The van der Waals surface area contributed by atoms with E-state index in [0.29, 0.717) is 4.57 Å². The van der Waals surface area contributed by atoms with Crippen LogP contribution >= 0.6 is 20.0 Å². The first-order chi connectivity index (χ1) is 15.6. The fourth-order valence-corrected chi connectivity index (χ4v) is 4.15. The van der Waals surface area contributed by atoms with Gasteiger partial charge in [0.05, 0.1) is 10.7 Å². The maximum Gasteiger partial charge on any atom is 0.530 e. The third-order valence-electron chi connectivity index (χ3n) is 4.45. The normalized spacial score (nSPS) is 36.7. The van der Waals surface area contributed by atoms with Gasteiger partial charge in [-0.25, -0.2) is 13.3 Å². The molecule has 2 aromatic rings. The number of aryl methyl sites for hydroxylation is 1. The Morgan fingerprint density at radius 3 is 3.03 bits per heavy atom. The van der Waals surface area contributed by atoms with Crippen LogP contribution in [0.5, 0.6) is 5.75 Å². The van der Waals surface area contributed by atoms with E-state index in [4.69, 9.17) is 30.1 Å². The molecule has 0 amide bonds. The predicted molar refractivity (Wildman–Crippen MR) is 102 cm³/mol. The van der Waals surface area contributed by atoms with Gasteiger partial charge in [0.2, 0.25) is 0 Å². The quantitative estimate of drug-likeness (QED) is 0.443. The summed E-state index contributed by atoms with van der Waals surface area (Å²) in [5.41, 5.74) is -0.552. The van der Waals surface area contributed by atoms with Crippen LogP contribution in [-0.4, -0.2) is 44.4 Å². The molecule has 5 atom stereocenters. The summed E-state index contributed by atoms with van der Waals surface area (Å²) in [5, 5.41) is 20.8. The van der Waals surface area contributed by atoms with Crippen molar-refractivity contribution in [3.8, 4) is 5.75 Å². The number of halogens is 2. The van der Waals surface area contributed by atoms with Crippen LogP contribution in [-0.2, 0) is 25.0 Å². The van der Waals surface area contributed by atoms with Crippen molar-refractivity contribution in [3.05, 3.63) is 56.5 Å². The minimum atomic E-state index is -4.91. The van der Waals surface area contributed by atoms with Gasteiger partial charge in [0.1, 0.15) is 30.3 Å². The lowest BCUT2D eigenvalue weighted by molar-refractivity contribution is -0.205. The number of fused-ring (bicyclic) bond motifs is 1. The molecule has 14 heteroatoms. The largest absolute Gasteiger partial charge is 0.530 e. The van der Waals surface area contributed by atoms with Crippen molar-refractivity contribution < 1.29 is 46.0 Å². The van der Waals surface area contributed by atoms with Crippen LogP contribution in [0.1, 0.15) is 21.4 Å². The fourth-order valence-electron chi connectivity index (χ4n) is 2.82. The summed E-state index contributed by atoms with van der Waals surface area (Å²) in [7, 11) is -4.91. The Hall–Kier alpha value is -1.99. The number of hydrogen-bond acceptors (Lipinski definition) is 9. The zero-order valence-electron chi connectivity index (χ0n) is 18.6. The molecule has 3 heterocycles. The van der Waals surface area contributed by atoms with Crippen LogP contribution in [0.4, 0.5) is 8.78 Å². The maximum atomic E-state index is 15.8. The minimum Gasteiger partial charge on any atom is -0.404 e. The molecule has 1 aromatic heterocycles. The lowest BCUT2D eigenvalue weighted by atomic mass is 10.1. The van der Waals surface area contributed by atoms with Gasteiger partial charge in [0, 0.05) is 17.3 Å². The Balaban J connectivity index is 1.67. The highest BCUT2D eigenvalue weighted by Crippen LogP contribution is 2.55. The van der Waals surface area contributed by atoms with E-state index in [9.17, 15) is 24.0 Å². The molecular weight excluding hydrogens is 461 g/mol. The third kappa shape index (κ3) is 4.10. The Labute approximate surface area is 182 Å². The highest BCUT2D eigenvalue weighted by atomic mass is 32.1. The van der Waals surface area contributed by atoms with E-state index in [1.165, 1.54) is 6.92 Å². The molecule has 0 spiro atoms. The first-order valence-electron chi connectivity index (χ1n) is 10.1. The van der Waals surface area contributed by atoms with E-state index in [2.05, 4.69) is 9.51 Å². The number of aromatic amines is 1. The first kappa shape index (κ1) is 18.6. The number of H-pyrrole nitrogens is 1. The molecular formula is C17H17F2N2O8PS. The van der Waals surface area contributed by atoms with E-state index in [-0.39, 0.29) is 16.9 Å². The number of benzene rings is 1. The van der Waals surface area contributed by atoms with Gasteiger partial charge in [0.25, 0.3) is 11.4 Å². The van der Waals surface area contributed by atoms with Gasteiger partial charge in [-0.2, -0.15) is 0 Å². The number of phosphoric ester groups is 1. The third-order valence-corrected chi connectivity index (χ3v) is 5.93. The van der Waals surface area contributed by atoms with E-state index < -0.39 is 61.4 Å². The van der Waals surface area contributed by atoms with Crippen molar-refractivity contribution in [2.75, 3.05) is 6.56 Å². The zero-order valence-corrected chi connectivity index (χ0v) is 17.3. The number of hydrogen-bond donors (Lipinski definition) is 3. The summed E-state index contributed by atoms with van der Waals surface area (Å²) >= 11 is 4.92. The van der Waals surface area contributed by atoms with Gasteiger partial charge in [-0.3, -0.25) is 23.4 Å². The molecule has 2 aliphatic heterocycles. The van der Waals surface area contributed by atoms with Gasteiger partial charge in [-0.1, -0.05) is 0 Å². The average molecular weight is 481 g/mol. The average Bonchev–Trinajstić information content (AvgIpc) is 2.92. The number of rotatable bonds is 4. The molecule has 168 valence electrons. The number of aromatic nitrogens is 2. The molecule has 31 heavy (non-hydrogen) atoms. The summed E-state index contributed by atoms with van der Waals surface area (Å²) in [6.07, 6.45) is -7.28. The van der Waals surface area contributed by atoms with Gasteiger partial charge >= 0.3 is 7.82 Å². The number of alkyl halides is 1. The zero-order chi connectivity index (χ0) is 25.3. The van der Waals surface area contributed by atoms with E-state index in [1.54, 1.807) is 0 Å². The van der Waals surface area contributed by atoms with E-state index >= 15 is 4.39 Å².